The molecule has 4 heteroatoms. The van der Waals surface area contributed by atoms with Gasteiger partial charge in [0.25, 0.3) is 0 Å². The third-order valence-electron chi connectivity index (χ3n) is 2.11. The van der Waals surface area contributed by atoms with Crippen LogP contribution in [0.5, 0.6) is 5.75 Å². The van der Waals surface area contributed by atoms with E-state index in [4.69, 9.17) is 15.2 Å². The molecule has 0 saturated carbocycles. The third-order valence-corrected chi connectivity index (χ3v) is 2.11. The highest BCUT2D eigenvalue weighted by Crippen LogP contribution is 2.25. The van der Waals surface area contributed by atoms with Crippen molar-refractivity contribution in [2.75, 3.05) is 37.9 Å². The molecule has 3 N–H and O–H groups in total. The quantitative estimate of drug-likeness (QED) is 0.550. The van der Waals surface area contributed by atoms with Crippen molar-refractivity contribution >= 4 is 11.4 Å². The molecule has 0 spiro atoms. The first-order valence-electron chi connectivity index (χ1n) is 5.53. The van der Waals surface area contributed by atoms with Gasteiger partial charge in [0, 0.05) is 25.4 Å². The van der Waals surface area contributed by atoms with Crippen molar-refractivity contribution < 1.29 is 9.47 Å². The van der Waals surface area contributed by atoms with Crippen LogP contribution in [0.3, 0.4) is 0 Å². The van der Waals surface area contributed by atoms with Crippen molar-refractivity contribution in [1.82, 2.24) is 0 Å². The predicted molar refractivity (Wildman–Crippen MR) is 67.0 cm³/mol. The molecule has 0 aliphatic carbocycles. The van der Waals surface area contributed by atoms with Crippen molar-refractivity contribution in [2.45, 2.75) is 13.3 Å². The van der Waals surface area contributed by atoms with Gasteiger partial charge in [-0.3, -0.25) is 0 Å². The smallest absolute Gasteiger partial charge is 0.144 e. The Kier molecular flexibility index (Phi) is 5.50. The Morgan fingerprint density at radius 1 is 1.31 bits per heavy atom. The van der Waals surface area contributed by atoms with Gasteiger partial charge in [0.1, 0.15) is 5.75 Å². The molecule has 16 heavy (non-hydrogen) atoms. The van der Waals surface area contributed by atoms with E-state index in [0.29, 0.717) is 18.9 Å². The molecule has 90 valence electrons. The Labute approximate surface area is 96.7 Å². The summed E-state index contributed by atoms with van der Waals surface area (Å²) >= 11 is 0. The highest BCUT2D eigenvalue weighted by molar-refractivity contribution is 5.61. The minimum Gasteiger partial charge on any atom is -0.491 e. The molecular formula is C12H20N2O2. The molecule has 0 radical (unpaired) electrons. The number of nitrogen functional groups attached to an aromatic ring is 1. The lowest BCUT2D eigenvalue weighted by Gasteiger charge is -2.11. The topological polar surface area (TPSA) is 56.5 Å². The average Bonchev–Trinajstić information content (AvgIpc) is 2.30. The van der Waals surface area contributed by atoms with E-state index in [1.165, 1.54) is 0 Å². The van der Waals surface area contributed by atoms with Gasteiger partial charge in [0.15, 0.2) is 0 Å². The molecule has 0 heterocycles. The number of benzene rings is 1. The molecule has 1 aromatic rings. The van der Waals surface area contributed by atoms with Crippen molar-refractivity contribution in [1.29, 1.82) is 0 Å². The second-order valence-electron chi connectivity index (χ2n) is 3.52. The molecule has 1 aromatic carbocycles. The van der Waals surface area contributed by atoms with Crippen LogP contribution in [0.25, 0.3) is 0 Å². The molecule has 0 amide bonds. The molecule has 0 unspecified atom stereocenters. The van der Waals surface area contributed by atoms with Crippen molar-refractivity contribution in [2.24, 2.45) is 0 Å². The van der Waals surface area contributed by atoms with E-state index in [1.54, 1.807) is 7.11 Å². The fraction of sp³-hybridized carbons (Fsp3) is 0.500. The fourth-order valence-corrected chi connectivity index (χ4v) is 1.28. The Morgan fingerprint density at radius 2 is 2.12 bits per heavy atom. The number of methoxy groups -OCH3 is 1. The van der Waals surface area contributed by atoms with Crippen molar-refractivity contribution in [3.63, 3.8) is 0 Å². The van der Waals surface area contributed by atoms with E-state index in [0.717, 1.165) is 24.4 Å². The number of nitrogens with two attached hydrogens (primary N) is 1. The summed E-state index contributed by atoms with van der Waals surface area (Å²) in [6.07, 6.45) is 0.973. The first kappa shape index (κ1) is 12.6. The van der Waals surface area contributed by atoms with Gasteiger partial charge in [-0.05, 0) is 18.6 Å². The SMILES string of the molecule is CCCOc1cc(NCCOC)ccc1N. The van der Waals surface area contributed by atoms with Gasteiger partial charge in [-0.1, -0.05) is 6.92 Å². The summed E-state index contributed by atoms with van der Waals surface area (Å²) in [5, 5.41) is 3.23. The first-order valence-corrected chi connectivity index (χ1v) is 5.53. The molecule has 4 nitrogen and oxygen atoms in total. The number of anilines is 2. The highest BCUT2D eigenvalue weighted by Gasteiger charge is 2.01. The number of ether oxygens (including phenoxy) is 2. The maximum Gasteiger partial charge on any atom is 0.144 e. The summed E-state index contributed by atoms with van der Waals surface area (Å²) in [6.45, 7) is 4.20. The summed E-state index contributed by atoms with van der Waals surface area (Å²) in [5.41, 5.74) is 7.48. The van der Waals surface area contributed by atoms with Gasteiger partial charge >= 0.3 is 0 Å². The van der Waals surface area contributed by atoms with Gasteiger partial charge in [-0.25, -0.2) is 0 Å². The number of rotatable bonds is 7. The van der Waals surface area contributed by atoms with Crippen molar-refractivity contribution in [3.8, 4) is 5.75 Å². The van der Waals surface area contributed by atoms with Gasteiger partial charge in [0.05, 0.1) is 18.9 Å². The summed E-state index contributed by atoms with van der Waals surface area (Å²) in [6, 6.07) is 5.70. The van der Waals surface area contributed by atoms with Crippen LogP contribution in [0.4, 0.5) is 11.4 Å². The number of hydrogen-bond donors (Lipinski definition) is 2. The van der Waals surface area contributed by atoms with E-state index in [9.17, 15) is 0 Å². The van der Waals surface area contributed by atoms with Crippen LogP contribution in [0, 0.1) is 0 Å². The van der Waals surface area contributed by atoms with Gasteiger partial charge in [-0.15, -0.1) is 0 Å². The Morgan fingerprint density at radius 3 is 2.81 bits per heavy atom. The molecule has 1 rings (SSSR count). The minimum atomic E-state index is 0.672. The lowest BCUT2D eigenvalue weighted by molar-refractivity contribution is 0.211. The molecule has 0 aliphatic rings. The summed E-state index contributed by atoms with van der Waals surface area (Å²) in [7, 11) is 1.68. The zero-order valence-corrected chi connectivity index (χ0v) is 9.95. The molecule has 0 fully saturated rings. The molecule has 0 aromatic heterocycles. The summed E-state index contributed by atoms with van der Waals surface area (Å²) in [4.78, 5) is 0. The largest absolute Gasteiger partial charge is 0.491 e. The van der Waals surface area contributed by atoms with E-state index >= 15 is 0 Å². The first-order chi connectivity index (χ1) is 7.77. The van der Waals surface area contributed by atoms with Gasteiger partial charge in [0.2, 0.25) is 0 Å². The van der Waals surface area contributed by atoms with Gasteiger partial charge in [-0.2, -0.15) is 0 Å². The number of nitrogens with one attached hydrogen (secondary N) is 1. The predicted octanol–water partition coefficient (Wildman–Crippen LogP) is 2.12. The van der Waals surface area contributed by atoms with Crippen LogP contribution in [-0.4, -0.2) is 26.9 Å². The van der Waals surface area contributed by atoms with E-state index in [1.807, 2.05) is 18.2 Å². The molecular weight excluding hydrogens is 204 g/mol. The van der Waals surface area contributed by atoms with E-state index in [-0.39, 0.29) is 0 Å². The second-order valence-corrected chi connectivity index (χ2v) is 3.52. The van der Waals surface area contributed by atoms with Crippen LogP contribution < -0.4 is 15.8 Å². The highest BCUT2D eigenvalue weighted by atomic mass is 16.5. The molecule has 0 bridgehead atoms. The molecule has 0 aliphatic heterocycles. The van der Waals surface area contributed by atoms with E-state index in [2.05, 4.69) is 12.2 Å². The van der Waals surface area contributed by atoms with Crippen molar-refractivity contribution in [3.05, 3.63) is 18.2 Å². The zero-order chi connectivity index (χ0) is 11.8. The third kappa shape index (κ3) is 3.98. The average molecular weight is 224 g/mol. The second kappa shape index (κ2) is 6.95. The van der Waals surface area contributed by atoms with Gasteiger partial charge < -0.3 is 20.5 Å². The van der Waals surface area contributed by atoms with Crippen LogP contribution in [0.15, 0.2) is 18.2 Å². The maximum atomic E-state index is 5.81. The molecule has 0 saturated heterocycles. The maximum absolute atomic E-state index is 5.81. The van der Waals surface area contributed by atoms with E-state index < -0.39 is 0 Å². The minimum absolute atomic E-state index is 0.672. The standard InChI is InChI=1S/C12H20N2O2/c1-3-7-16-12-9-10(4-5-11(12)13)14-6-8-15-2/h4-5,9,14H,3,6-8,13H2,1-2H3. The normalized spacial score (nSPS) is 10.1. The monoisotopic (exact) mass is 224 g/mol. The van der Waals surface area contributed by atoms with Crippen LogP contribution in [0.1, 0.15) is 13.3 Å². The Hall–Kier alpha value is -1.42. The van der Waals surface area contributed by atoms with Crippen LogP contribution in [0.2, 0.25) is 0 Å². The Balaban J connectivity index is 2.58. The fourth-order valence-electron chi connectivity index (χ4n) is 1.28. The lowest BCUT2D eigenvalue weighted by atomic mass is 10.2. The summed E-state index contributed by atoms with van der Waals surface area (Å²) in [5.74, 6) is 0.740. The lowest BCUT2D eigenvalue weighted by Crippen LogP contribution is -2.08. The number of hydrogen-bond acceptors (Lipinski definition) is 4. The zero-order valence-electron chi connectivity index (χ0n) is 9.95. The molecule has 0 atom stereocenters. The van der Waals surface area contributed by atoms with Crippen LogP contribution >= 0.6 is 0 Å². The summed E-state index contributed by atoms with van der Waals surface area (Å²) < 4.78 is 10.5. The Bertz CT molecular complexity index is 316. The van der Waals surface area contributed by atoms with Crippen LogP contribution in [-0.2, 0) is 4.74 Å².